The third-order valence-corrected chi connectivity index (χ3v) is 3.48. The van der Waals surface area contributed by atoms with E-state index in [-0.39, 0.29) is 22.2 Å². The second kappa shape index (κ2) is 5.91. The Morgan fingerprint density at radius 3 is 2.71 bits per heavy atom. The highest BCUT2D eigenvalue weighted by molar-refractivity contribution is 6.33. The summed E-state index contributed by atoms with van der Waals surface area (Å²) in [7, 11) is 0. The van der Waals surface area contributed by atoms with Crippen LogP contribution in [0.2, 0.25) is 5.02 Å². The first-order chi connectivity index (χ1) is 9.78. The first-order valence-corrected chi connectivity index (χ1v) is 6.89. The van der Waals surface area contributed by atoms with Crippen molar-refractivity contribution in [2.45, 2.75) is 19.4 Å². The van der Waals surface area contributed by atoms with Gasteiger partial charge in [0.1, 0.15) is 0 Å². The fraction of sp³-hybridized carbons (Fsp3) is 0.429. The number of nitrogens with one attached hydrogen (secondary N) is 1. The third kappa shape index (κ3) is 3.86. The van der Waals surface area contributed by atoms with Gasteiger partial charge in [-0.15, -0.1) is 0 Å². The molecule has 1 aromatic rings. The Bertz CT molecular complexity index is 574. The first kappa shape index (κ1) is 15.6. The second-order valence-electron chi connectivity index (χ2n) is 5.46. The fourth-order valence-corrected chi connectivity index (χ4v) is 2.42. The number of nitrogens with zero attached hydrogens (tertiary/aromatic N) is 1. The van der Waals surface area contributed by atoms with Crippen molar-refractivity contribution in [3.63, 3.8) is 0 Å². The smallest absolute Gasteiger partial charge is 0.337 e. The van der Waals surface area contributed by atoms with Crippen LogP contribution in [0, 0.1) is 0 Å². The number of carboxylic acid groups (broad SMARTS) is 1. The number of carbonyl (C=O) groups is 2. The number of aromatic carboxylic acids is 1. The van der Waals surface area contributed by atoms with E-state index in [1.807, 2.05) is 13.8 Å². The molecule has 1 aliphatic rings. The zero-order chi connectivity index (χ0) is 15.6. The van der Waals surface area contributed by atoms with Crippen LogP contribution in [-0.2, 0) is 4.74 Å². The number of amides is 2. The van der Waals surface area contributed by atoms with Crippen molar-refractivity contribution in [3.05, 3.63) is 28.8 Å². The molecule has 1 aromatic carbocycles. The van der Waals surface area contributed by atoms with Gasteiger partial charge in [-0.05, 0) is 32.0 Å². The van der Waals surface area contributed by atoms with Crippen molar-refractivity contribution in [1.82, 2.24) is 4.90 Å². The van der Waals surface area contributed by atoms with E-state index in [0.717, 1.165) is 0 Å². The number of ether oxygens (including phenoxy) is 1. The molecule has 0 aromatic heterocycles. The molecule has 0 spiro atoms. The maximum atomic E-state index is 12.2. The number of carboxylic acids is 1. The van der Waals surface area contributed by atoms with Gasteiger partial charge in [0.15, 0.2) is 0 Å². The zero-order valence-corrected chi connectivity index (χ0v) is 12.6. The molecule has 0 radical (unpaired) electrons. The average molecular weight is 313 g/mol. The normalized spacial score (nSPS) is 17.4. The minimum absolute atomic E-state index is 0.00201. The first-order valence-electron chi connectivity index (χ1n) is 6.51. The summed E-state index contributed by atoms with van der Waals surface area (Å²) in [5.74, 6) is -1.10. The highest BCUT2D eigenvalue weighted by atomic mass is 35.5. The molecule has 114 valence electrons. The molecule has 7 heteroatoms. The number of morpholine rings is 1. The molecule has 1 heterocycles. The van der Waals surface area contributed by atoms with Gasteiger partial charge in [0.25, 0.3) is 0 Å². The van der Waals surface area contributed by atoms with Crippen LogP contribution in [0.25, 0.3) is 0 Å². The molecule has 1 saturated heterocycles. The van der Waals surface area contributed by atoms with Gasteiger partial charge in [0.2, 0.25) is 0 Å². The highest BCUT2D eigenvalue weighted by Gasteiger charge is 2.30. The molecule has 2 N–H and O–H groups in total. The molecule has 0 atom stereocenters. The summed E-state index contributed by atoms with van der Waals surface area (Å²) >= 11 is 5.87. The van der Waals surface area contributed by atoms with Crippen molar-refractivity contribution in [2.24, 2.45) is 0 Å². The average Bonchev–Trinajstić information content (AvgIpc) is 2.37. The monoisotopic (exact) mass is 312 g/mol. The summed E-state index contributed by atoms with van der Waals surface area (Å²) < 4.78 is 5.55. The minimum atomic E-state index is -1.10. The Kier molecular flexibility index (Phi) is 4.39. The van der Waals surface area contributed by atoms with Crippen LogP contribution < -0.4 is 5.32 Å². The molecular weight excluding hydrogens is 296 g/mol. The van der Waals surface area contributed by atoms with E-state index < -0.39 is 5.97 Å². The van der Waals surface area contributed by atoms with Gasteiger partial charge in [-0.1, -0.05) is 11.6 Å². The Hall–Kier alpha value is -1.79. The lowest BCUT2D eigenvalue weighted by Gasteiger charge is -2.38. The molecule has 0 aliphatic carbocycles. The number of anilines is 1. The van der Waals surface area contributed by atoms with Gasteiger partial charge in [-0.2, -0.15) is 0 Å². The number of halogens is 1. The van der Waals surface area contributed by atoms with Crippen molar-refractivity contribution >= 4 is 29.3 Å². The van der Waals surface area contributed by atoms with Gasteiger partial charge in [0, 0.05) is 12.2 Å². The number of rotatable bonds is 2. The lowest BCUT2D eigenvalue weighted by molar-refractivity contribution is -0.0720. The molecule has 0 bridgehead atoms. The molecule has 6 nitrogen and oxygen atoms in total. The third-order valence-electron chi connectivity index (χ3n) is 3.16. The molecule has 1 aliphatic heterocycles. The summed E-state index contributed by atoms with van der Waals surface area (Å²) in [5.41, 5.74) is 0.0851. The van der Waals surface area contributed by atoms with Gasteiger partial charge < -0.3 is 20.1 Å². The standard InChI is InChI=1S/C14H17ClN2O4/c1-14(2)8-17(5-6-21-14)13(20)16-9-3-4-10(12(18)19)11(15)7-9/h3-4,7H,5-6,8H2,1-2H3,(H,16,20)(H,18,19). The molecule has 1 fully saturated rings. The maximum absolute atomic E-state index is 12.2. The molecule has 2 rings (SSSR count). The van der Waals surface area contributed by atoms with Gasteiger partial charge in [-0.25, -0.2) is 9.59 Å². The topological polar surface area (TPSA) is 78.9 Å². The van der Waals surface area contributed by atoms with Crippen LogP contribution in [0.5, 0.6) is 0 Å². The fourth-order valence-electron chi connectivity index (χ4n) is 2.16. The highest BCUT2D eigenvalue weighted by Crippen LogP contribution is 2.22. The molecule has 21 heavy (non-hydrogen) atoms. The van der Waals surface area contributed by atoms with Crippen LogP contribution >= 0.6 is 11.6 Å². The molecule has 0 unspecified atom stereocenters. The quantitative estimate of drug-likeness (QED) is 0.880. The van der Waals surface area contributed by atoms with E-state index in [4.69, 9.17) is 21.4 Å². The Morgan fingerprint density at radius 2 is 2.14 bits per heavy atom. The number of carbonyl (C=O) groups excluding carboxylic acids is 1. The summed E-state index contributed by atoms with van der Waals surface area (Å²) in [4.78, 5) is 24.7. The van der Waals surface area contributed by atoms with Crippen LogP contribution in [0.15, 0.2) is 18.2 Å². The van der Waals surface area contributed by atoms with E-state index in [1.54, 1.807) is 4.90 Å². The molecule has 0 saturated carbocycles. The summed E-state index contributed by atoms with van der Waals surface area (Å²) in [6.07, 6.45) is 0. The summed E-state index contributed by atoms with van der Waals surface area (Å²) in [5, 5.41) is 11.7. The van der Waals surface area contributed by atoms with E-state index in [1.165, 1.54) is 18.2 Å². The number of urea groups is 1. The van der Waals surface area contributed by atoms with Crippen molar-refractivity contribution in [3.8, 4) is 0 Å². The number of hydrogen-bond donors (Lipinski definition) is 2. The summed E-state index contributed by atoms with van der Waals surface area (Å²) in [6, 6.07) is 4.04. The number of benzene rings is 1. The largest absolute Gasteiger partial charge is 0.478 e. The molecule has 2 amide bonds. The van der Waals surface area contributed by atoms with Gasteiger partial charge in [0.05, 0.1) is 29.3 Å². The maximum Gasteiger partial charge on any atom is 0.337 e. The Balaban J connectivity index is 2.06. The van der Waals surface area contributed by atoms with Crippen molar-refractivity contribution in [1.29, 1.82) is 0 Å². The van der Waals surface area contributed by atoms with E-state index in [0.29, 0.717) is 25.4 Å². The zero-order valence-electron chi connectivity index (χ0n) is 11.9. The van der Waals surface area contributed by atoms with Gasteiger partial charge in [-0.3, -0.25) is 0 Å². The summed E-state index contributed by atoms with van der Waals surface area (Å²) in [6.45, 7) is 5.32. The molecular formula is C14H17ClN2O4. The van der Waals surface area contributed by atoms with E-state index >= 15 is 0 Å². The van der Waals surface area contributed by atoms with E-state index in [9.17, 15) is 9.59 Å². The van der Waals surface area contributed by atoms with Crippen molar-refractivity contribution < 1.29 is 19.4 Å². The minimum Gasteiger partial charge on any atom is -0.478 e. The van der Waals surface area contributed by atoms with Crippen LogP contribution in [0.1, 0.15) is 24.2 Å². The van der Waals surface area contributed by atoms with Crippen LogP contribution in [-0.4, -0.2) is 47.3 Å². The predicted octanol–water partition coefficient (Wildman–Crippen LogP) is 2.68. The predicted molar refractivity (Wildman–Crippen MR) is 79.0 cm³/mol. The van der Waals surface area contributed by atoms with Crippen molar-refractivity contribution in [2.75, 3.05) is 25.0 Å². The SMILES string of the molecule is CC1(C)CN(C(=O)Nc2ccc(C(=O)O)c(Cl)c2)CCO1. The second-order valence-corrected chi connectivity index (χ2v) is 5.87. The lowest BCUT2D eigenvalue weighted by Crippen LogP contribution is -2.51. The van der Waals surface area contributed by atoms with E-state index in [2.05, 4.69) is 5.32 Å². The van der Waals surface area contributed by atoms with Gasteiger partial charge >= 0.3 is 12.0 Å². The Morgan fingerprint density at radius 1 is 1.43 bits per heavy atom. The van der Waals surface area contributed by atoms with Crippen LogP contribution in [0.3, 0.4) is 0 Å². The van der Waals surface area contributed by atoms with Crippen LogP contribution in [0.4, 0.5) is 10.5 Å². The lowest BCUT2D eigenvalue weighted by atomic mass is 10.1. The Labute approximate surface area is 127 Å². The number of hydrogen-bond acceptors (Lipinski definition) is 3.